The summed E-state index contributed by atoms with van der Waals surface area (Å²) in [5.41, 5.74) is -9.02. The number of esters is 2. The van der Waals surface area contributed by atoms with Gasteiger partial charge in [-0.2, -0.15) is 0 Å². The van der Waals surface area contributed by atoms with Gasteiger partial charge in [0.15, 0.2) is 22.0 Å². The summed E-state index contributed by atoms with van der Waals surface area (Å²) in [5.74, 6) is -4.13. The van der Waals surface area contributed by atoms with Gasteiger partial charge in [0, 0.05) is 26.2 Å². The lowest BCUT2D eigenvalue weighted by Crippen LogP contribution is -2.92. The topological polar surface area (TPSA) is 134 Å². The van der Waals surface area contributed by atoms with E-state index in [1.165, 1.54) is 23.6 Å². The molecule has 10 heteroatoms. The minimum atomic E-state index is -2.77. The minimum Gasteiger partial charge on any atom is -0.465 e. The lowest BCUT2D eigenvalue weighted by Gasteiger charge is -2.64. The molecular weight excluding hydrogens is 492 g/mol. The maximum atomic E-state index is 14.0. The van der Waals surface area contributed by atoms with Crippen molar-refractivity contribution in [3.63, 3.8) is 0 Å². The molecule has 2 aromatic carbocycles. The fraction of sp³-hybridized carbons (Fsp3) is 0.429. The Morgan fingerprint density at radius 3 is 1.37 bits per heavy atom. The molecule has 0 aromatic heterocycles. The molecule has 0 spiro atoms. The number of ether oxygens (including phenoxy) is 2. The van der Waals surface area contributed by atoms with Crippen LogP contribution in [0.25, 0.3) is 0 Å². The van der Waals surface area contributed by atoms with E-state index in [9.17, 15) is 29.4 Å². The molecular formula is C28H30N2O8. The number of likely N-dealkylation sites (tertiary alicyclic amines) is 2. The monoisotopic (exact) mass is 522 g/mol. The van der Waals surface area contributed by atoms with Gasteiger partial charge in [-0.05, 0) is 25.0 Å². The second-order valence-corrected chi connectivity index (χ2v) is 9.97. The highest BCUT2D eigenvalue weighted by Crippen LogP contribution is 2.75. The SMILES string of the molecule is CCOC(=O)C12CN(Cc3ccccc3)C(=O)C1(O)C1(C(=O)OCC)CN(Cc3ccccc3)C(=O)C21O. The summed E-state index contributed by atoms with van der Waals surface area (Å²) >= 11 is 0. The number of rotatable bonds is 8. The average Bonchev–Trinajstić information content (AvgIpc) is 3.25. The van der Waals surface area contributed by atoms with Gasteiger partial charge in [-0.1, -0.05) is 60.7 Å². The molecule has 0 radical (unpaired) electrons. The van der Waals surface area contributed by atoms with E-state index in [0.717, 1.165) is 0 Å². The maximum absolute atomic E-state index is 14.0. The van der Waals surface area contributed by atoms with E-state index in [0.29, 0.717) is 11.1 Å². The van der Waals surface area contributed by atoms with Crippen molar-refractivity contribution in [2.24, 2.45) is 10.8 Å². The Morgan fingerprint density at radius 2 is 1.05 bits per heavy atom. The lowest BCUT2D eigenvalue weighted by molar-refractivity contribution is -0.324. The van der Waals surface area contributed by atoms with Crippen molar-refractivity contribution in [1.29, 1.82) is 0 Å². The molecule has 2 saturated heterocycles. The highest BCUT2D eigenvalue weighted by Gasteiger charge is 3.03. The highest BCUT2D eigenvalue weighted by atomic mass is 16.5. The lowest BCUT2D eigenvalue weighted by atomic mass is 9.35. The van der Waals surface area contributed by atoms with Crippen LogP contribution < -0.4 is 0 Å². The molecule has 2 aromatic rings. The van der Waals surface area contributed by atoms with Crippen molar-refractivity contribution in [3.8, 4) is 0 Å². The Hall–Kier alpha value is -3.76. The number of carbonyl (C=O) groups excluding carboxylic acids is 4. The maximum Gasteiger partial charge on any atom is 0.321 e. The van der Waals surface area contributed by atoms with E-state index in [1.54, 1.807) is 60.7 Å². The van der Waals surface area contributed by atoms with Gasteiger partial charge in [0.05, 0.1) is 13.2 Å². The van der Waals surface area contributed by atoms with Crippen LogP contribution in [0.5, 0.6) is 0 Å². The highest BCUT2D eigenvalue weighted by molar-refractivity contribution is 6.17. The van der Waals surface area contributed by atoms with Crippen molar-refractivity contribution in [2.75, 3.05) is 26.3 Å². The molecule has 3 fully saturated rings. The zero-order valence-electron chi connectivity index (χ0n) is 21.3. The summed E-state index contributed by atoms with van der Waals surface area (Å²) in [7, 11) is 0. The number of amides is 2. The molecule has 3 aliphatic rings. The van der Waals surface area contributed by atoms with Crippen LogP contribution >= 0.6 is 0 Å². The molecule has 1 saturated carbocycles. The Balaban J connectivity index is 1.66. The summed E-state index contributed by atoms with van der Waals surface area (Å²) in [6.07, 6.45) is 0. The van der Waals surface area contributed by atoms with E-state index in [-0.39, 0.29) is 26.3 Å². The zero-order valence-corrected chi connectivity index (χ0v) is 21.3. The van der Waals surface area contributed by atoms with Gasteiger partial charge in [-0.3, -0.25) is 19.2 Å². The molecule has 1 aliphatic carbocycles. The molecule has 2 aliphatic heterocycles. The van der Waals surface area contributed by atoms with E-state index >= 15 is 0 Å². The van der Waals surface area contributed by atoms with Crippen LogP contribution in [0.1, 0.15) is 25.0 Å². The second kappa shape index (κ2) is 8.92. The van der Waals surface area contributed by atoms with Crippen LogP contribution in [0.2, 0.25) is 0 Å². The van der Waals surface area contributed by atoms with Gasteiger partial charge in [0.25, 0.3) is 11.8 Å². The Bertz CT molecular complexity index is 1170. The van der Waals surface area contributed by atoms with E-state index < -0.39 is 58.9 Å². The molecule has 0 atom stereocenters. The molecule has 200 valence electrons. The molecule has 10 nitrogen and oxygen atoms in total. The molecule has 2 amide bonds. The largest absolute Gasteiger partial charge is 0.465 e. The van der Waals surface area contributed by atoms with E-state index in [2.05, 4.69) is 0 Å². The third-order valence-corrected chi connectivity index (χ3v) is 8.20. The molecule has 2 heterocycles. The molecule has 0 unspecified atom stereocenters. The summed E-state index contributed by atoms with van der Waals surface area (Å²) in [5, 5.41) is 24.5. The number of nitrogens with zero attached hydrogens (tertiary/aromatic N) is 2. The molecule has 2 N–H and O–H groups in total. The first-order chi connectivity index (χ1) is 18.2. The normalized spacial score (nSPS) is 31.5. The van der Waals surface area contributed by atoms with Crippen LogP contribution in [0.15, 0.2) is 60.7 Å². The second-order valence-electron chi connectivity index (χ2n) is 9.97. The molecule has 0 bridgehead atoms. The molecule has 38 heavy (non-hydrogen) atoms. The predicted molar refractivity (Wildman–Crippen MR) is 132 cm³/mol. The molecule has 5 rings (SSSR count). The summed E-state index contributed by atoms with van der Waals surface area (Å²) in [6, 6.07) is 17.7. The van der Waals surface area contributed by atoms with Gasteiger partial charge in [-0.25, -0.2) is 0 Å². The Morgan fingerprint density at radius 1 is 0.711 bits per heavy atom. The van der Waals surface area contributed by atoms with Gasteiger partial charge in [0.1, 0.15) is 0 Å². The smallest absolute Gasteiger partial charge is 0.321 e. The van der Waals surface area contributed by atoms with Gasteiger partial charge in [-0.15, -0.1) is 0 Å². The third-order valence-electron chi connectivity index (χ3n) is 8.20. The van der Waals surface area contributed by atoms with Crippen LogP contribution in [0.4, 0.5) is 0 Å². The zero-order chi connectivity index (χ0) is 27.3. The number of benzene rings is 2. The van der Waals surface area contributed by atoms with Crippen molar-refractivity contribution in [2.45, 2.75) is 38.1 Å². The number of hydrogen-bond donors (Lipinski definition) is 2. The standard InChI is InChI=1S/C28H30N2O8/c1-3-37-23(33)25-17-29(15-19-11-7-5-8-12-19)21(31)27(25,35)26(24(34)38-4-2)18-30(22(32)28(25,26)36)16-20-13-9-6-10-14-20/h5-14,35-36H,3-4,15-18H2,1-2H3. The Kier molecular flexibility index (Phi) is 6.07. The first-order valence-corrected chi connectivity index (χ1v) is 12.6. The number of carbonyl (C=O) groups is 4. The number of aliphatic hydroxyl groups is 2. The summed E-state index contributed by atoms with van der Waals surface area (Å²) in [4.78, 5) is 57.6. The summed E-state index contributed by atoms with van der Waals surface area (Å²) in [6.45, 7) is 1.75. The van der Waals surface area contributed by atoms with Crippen molar-refractivity contribution >= 4 is 23.8 Å². The quantitative estimate of drug-likeness (QED) is 0.483. The average molecular weight is 523 g/mol. The van der Waals surface area contributed by atoms with Crippen molar-refractivity contribution < 1.29 is 38.9 Å². The third kappa shape index (κ3) is 2.90. The van der Waals surface area contributed by atoms with Crippen LogP contribution in [-0.4, -0.2) is 81.3 Å². The van der Waals surface area contributed by atoms with Crippen LogP contribution in [0, 0.1) is 10.8 Å². The fourth-order valence-corrected chi connectivity index (χ4v) is 6.64. The fourth-order valence-electron chi connectivity index (χ4n) is 6.64. The first-order valence-electron chi connectivity index (χ1n) is 12.6. The van der Waals surface area contributed by atoms with Crippen molar-refractivity contribution in [1.82, 2.24) is 9.80 Å². The predicted octanol–water partition coefficient (Wildman–Crippen LogP) is 0.646. The van der Waals surface area contributed by atoms with Gasteiger partial charge in [0.2, 0.25) is 0 Å². The van der Waals surface area contributed by atoms with Gasteiger partial charge >= 0.3 is 11.9 Å². The van der Waals surface area contributed by atoms with Crippen LogP contribution in [0.3, 0.4) is 0 Å². The van der Waals surface area contributed by atoms with Crippen LogP contribution in [-0.2, 0) is 41.7 Å². The van der Waals surface area contributed by atoms with Gasteiger partial charge < -0.3 is 29.5 Å². The number of fused-ring (bicyclic) bond motifs is 4. The van der Waals surface area contributed by atoms with E-state index in [1.807, 2.05) is 0 Å². The number of hydrogen-bond acceptors (Lipinski definition) is 8. The first kappa shape index (κ1) is 25.9. The van der Waals surface area contributed by atoms with E-state index in [4.69, 9.17) is 9.47 Å². The summed E-state index contributed by atoms with van der Waals surface area (Å²) < 4.78 is 10.5. The minimum absolute atomic E-state index is 0.0138. The Labute approximate surface area is 219 Å². The van der Waals surface area contributed by atoms with Crippen molar-refractivity contribution in [3.05, 3.63) is 71.8 Å².